The van der Waals surface area contributed by atoms with Crippen molar-refractivity contribution >= 4 is 28.8 Å². The van der Waals surface area contributed by atoms with Crippen molar-refractivity contribution in [3.05, 3.63) is 87.4 Å². The third kappa shape index (κ3) is 3.55. The number of benzene rings is 2. The van der Waals surface area contributed by atoms with Crippen LogP contribution in [0.15, 0.2) is 60.0 Å². The number of halogens is 1. The van der Waals surface area contributed by atoms with Crippen LogP contribution in [0.1, 0.15) is 39.3 Å². The molecular formula is C22H19FN2O2S. The van der Waals surface area contributed by atoms with Crippen molar-refractivity contribution in [2.45, 2.75) is 19.4 Å². The molecule has 2 heterocycles. The van der Waals surface area contributed by atoms with E-state index in [-0.39, 0.29) is 23.4 Å². The monoisotopic (exact) mass is 394 g/mol. The van der Waals surface area contributed by atoms with Crippen molar-refractivity contribution in [1.29, 1.82) is 0 Å². The molecule has 0 aliphatic carbocycles. The van der Waals surface area contributed by atoms with Crippen LogP contribution in [0.3, 0.4) is 0 Å². The molecule has 4 nitrogen and oxygen atoms in total. The minimum atomic E-state index is -0.448. The number of anilines is 1. The van der Waals surface area contributed by atoms with Crippen molar-refractivity contribution in [1.82, 2.24) is 4.90 Å². The summed E-state index contributed by atoms with van der Waals surface area (Å²) in [6.07, 6.45) is 0.880. The standard InChI is InChI=1S/C22H19FN2O2S/c1-14(26)25-11-9-20-19(10-12-28-20)21(25)15-5-7-18(8-6-15)24-22(27)16-3-2-4-17(23)13-16/h2-8,10,12-13,21H,9,11H2,1H3,(H,24,27)/t21-/m0/s1. The molecule has 1 aromatic heterocycles. The van der Waals surface area contributed by atoms with Gasteiger partial charge in [0, 0.05) is 29.6 Å². The Morgan fingerprint density at radius 2 is 1.93 bits per heavy atom. The molecule has 0 unspecified atom stereocenters. The first-order chi connectivity index (χ1) is 13.5. The van der Waals surface area contributed by atoms with Gasteiger partial charge in [-0.25, -0.2) is 4.39 Å². The van der Waals surface area contributed by atoms with Gasteiger partial charge >= 0.3 is 0 Å². The average molecular weight is 394 g/mol. The first-order valence-electron chi connectivity index (χ1n) is 9.03. The summed E-state index contributed by atoms with van der Waals surface area (Å²) in [5.74, 6) is -0.767. The van der Waals surface area contributed by atoms with Gasteiger partial charge in [-0.1, -0.05) is 18.2 Å². The molecule has 0 saturated heterocycles. The van der Waals surface area contributed by atoms with Crippen molar-refractivity contribution in [3.8, 4) is 0 Å². The molecule has 0 radical (unpaired) electrons. The van der Waals surface area contributed by atoms with Crippen molar-refractivity contribution < 1.29 is 14.0 Å². The van der Waals surface area contributed by atoms with Gasteiger partial charge in [-0.2, -0.15) is 0 Å². The molecule has 28 heavy (non-hydrogen) atoms. The number of fused-ring (bicyclic) bond motifs is 1. The number of nitrogens with one attached hydrogen (secondary N) is 1. The fraction of sp³-hybridized carbons (Fsp3) is 0.182. The van der Waals surface area contributed by atoms with Crippen molar-refractivity contribution in [3.63, 3.8) is 0 Å². The lowest BCUT2D eigenvalue weighted by Gasteiger charge is -2.35. The minimum Gasteiger partial charge on any atom is -0.331 e. The van der Waals surface area contributed by atoms with E-state index in [1.165, 1.54) is 28.6 Å². The van der Waals surface area contributed by atoms with Gasteiger partial charge in [-0.15, -0.1) is 11.3 Å². The topological polar surface area (TPSA) is 49.4 Å². The summed E-state index contributed by atoms with van der Waals surface area (Å²) >= 11 is 1.72. The molecule has 1 aliphatic rings. The van der Waals surface area contributed by atoms with Gasteiger partial charge in [0.15, 0.2) is 0 Å². The van der Waals surface area contributed by atoms with Gasteiger partial charge in [-0.05, 0) is 59.3 Å². The van der Waals surface area contributed by atoms with Crippen molar-refractivity contribution in [2.75, 3.05) is 11.9 Å². The van der Waals surface area contributed by atoms with Gasteiger partial charge in [0.2, 0.25) is 5.91 Å². The molecule has 1 aliphatic heterocycles. The van der Waals surface area contributed by atoms with Gasteiger partial charge in [0.25, 0.3) is 5.91 Å². The van der Waals surface area contributed by atoms with Crippen LogP contribution < -0.4 is 5.32 Å². The largest absolute Gasteiger partial charge is 0.331 e. The highest BCUT2D eigenvalue weighted by Gasteiger charge is 2.31. The highest BCUT2D eigenvalue weighted by molar-refractivity contribution is 7.10. The molecule has 0 spiro atoms. The van der Waals surface area contributed by atoms with Gasteiger partial charge in [0.05, 0.1) is 6.04 Å². The average Bonchev–Trinajstić information content (AvgIpc) is 3.16. The Morgan fingerprint density at radius 1 is 1.14 bits per heavy atom. The van der Waals surface area contributed by atoms with Crippen LogP contribution in [-0.2, 0) is 11.2 Å². The maximum Gasteiger partial charge on any atom is 0.255 e. The summed E-state index contributed by atoms with van der Waals surface area (Å²) in [6.45, 7) is 2.30. The fourth-order valence-corrected chi connectivity index (χ4v) is 4.50. The van der Waals surface area contributed by atoms with E-state index in [0.29, 0.717) is 12.2 Å². The number of thiophene rings is 1. The molecule has 4 rings (SSSR count). The molecule has 0 saturated carbocycles. The zero-order valence-electron chi connectivity index (χ0n) is 15.3. The molecule has 2 aromatic carbocycles. The molecule has 2 amide bonds. The van der Waals surface area contributed by atoms with Crippen LogP contribution >= 0.6 is 11.3 Å². The van der Waals surface area contributed by atoms with E-state index in [2.05, 4.69) is 16.8 Å². The number of hydrogen-bond acceptors (Lipinski definition) is 3. The number of carbonyl (C=O) groups excluding carboxylic acids is 2. The SMILES string of the molecule is CC(=O)N1CCc2sccc2[C@@H]1c1ccc(NC(=O)c2cccc(F)c2)cc1. The van der Waals surface area contributed by atoms with E-state index in [9.17, 15) is 14.0 Å². The highest BCUT2D eigenvalue weighted by Crippen LogP contribution is 2.38. The second-order valence-electron chi connectivity index (χ2n) is 6.75. The van der Waals surface area contributed by atoms with E-state index < -0.39 is 5.82 Å². The van der Waals surface area contributed by atoms with E-state index in [0.717, 1.165) is 12.0 Å². The maximum atomic E-state index is 13.3. The zero-order valence-corrected chi connectivity index (χ0v) is 16.1. The zero-order chi connectivity index (χ0) is 19.7. The number of nitrogens with zero attached hydrogens (tertiary/aromatic N) is 1. The summed E-state index contributed by atoms with van der Waals surface area (Å²) < 4.78 is 13.3. The van der Waals surface area contributed by atoms with Crippen LogP contribution in [-0.4, -0.2) is 23.3 Å². The van der Waals surface area contributed by atoms with E-state index in [4.69, 9.17) is 0 Å². The smallest absolute Gasteiger partial charge is 0.255 e. The predicted molar refractivity (Wildman–Crippen MR) is 108 cm³/mol. The van der Waals surface area contributed by atoms with Crippen LogP contribution in [0.25, 0.3) is 0 Å². The first-order valence-corrected chi connectivity index (χ1v) is 9.91. The molecule has 1 atom stereocenters. The van der Waals surface area contributed by atoms with Crippen LogP contribution in [0.2, 0.25) is 0 Å². The lowest BCUT2D eigenvalue weighted by molar-refractivity contribution is -0.130. The van der Waals surface area contributed by atoms with Gasteiger partial charge in [-0.3, -0.25) is 9.59 Å². The van der Waals surface area contributed by atoms with Crippen LogP contribution in [0.5, 0.6) is 0 Å². The van der Waals surface area contributed by atoms with Gasteiger partial charge in [0.1, 0.15) is 5.82 Å². The minimum absolute atomic E-state index is 0.0466. The summed E-state index contributed by atoms with van der Waals surface area (Å²) in [7, 11) is 0. The lowest BCUT2D eigenvalue weighted by atomic mass is 9.93. The molecule has 0 fully saturated rings. The summed E-state index contributed by atoms with van der Waals surface area (Å²) in [6, 6.07) is 15.0. The molecule has 142 valence electrons. The summed E-state index contributed by atoms with van der Waals surface area (Å²) in [5.41, 5.74) is 3.05. The second-order valence-corrected chi connectivity index (χ2v) is 7.75. The predicted octanol–water partition coefficient (Wildman–Crippen LogP) is 4.63. The number of amides is 2. The van der Waals surface area contributed by atoms with Gasteiger partial charge < -0.3 is 10.2 Å². The maximum absolute atomic E-state index is 13.3. The molecule has 1 N–H and O–H groups in total. The number of carbonyl (C=O) groups is 2. The molecule has 0 bridgehead atoms. The Morgan fingerprint density at radius 3 is 2.64 bits per heavy atom. The Balaban J connectivity index is 1.57. The number of hydrogen-bond donors (Lipinski definition) is 1. The second kappa shape index (κ2) is 7.56. The Labute approximate surface area is 166 Å². The Bertz CT molecular complexity index is 1030. The third-order valence-corrected chi connectivity index (χ3v) is 5.94. The Hall–Kier alpha value is -2.99. The number of rotatable bonds is 3. The normalized spacial score (nSPS) is 15.8. The third-order valence-electron chi connectivity index (χ3n) is 4.94. The summed E-state index contributed by atoms with van der Waals surface area (Å²) in [5, 5.41) is 4.84. The fourth-order valence-electron chi connectivity index (χ4n) is 3.60. The lowest BCUT2D eigenvalue weighted by Crippen LogP contribution is -2.38. The van der Waals surface area contributed by atoms with E-state index in [1.54, 1.807) is 24.3 Å². The van der Waals surface area contributed by atoms with E-state index in [1.807, 2.05) is 29.2 Å². The summed E-state index contributed by atoms with van der Waals surface area (Å²) in [4.78, 5) is 27.6. The van der Waals surface area contributed by atoms with E-state index >= 15 is 0 Å². The van der Waals surface area contributed by atoms with Crippen molar-refractivity contribution in [2.24, 2.45) is 0 Å². The molecule has 3 aromatic rings. The Kier molecular flexibility index (Phi) is 4.96. The van der Waals surface area contributed by atoms with Crippen LogP contribution in [0.4, 0.5) is 10.1 Å². The quantitative estimate of drug-likeness (QED) is 0.704. The molecular weight excluding hydrogens is 375 g/mol. The first kappa shape index (κ1) is 18.4. The molecule has 6 heteroatoms. The highest BCUT2D eigenvalue weighted by atomic mass is 32.1. The van der Waals surface area contributed by atoms with Crippen LogP contribution in [0, 0.1) is 5.82 Å².